The van der Waals surface area contributed by atoms with Crippen LogP contribution in [0, 0.1) is 12.8 Å². The molecule has 0 bridgehead atoms. The molecular formula is C17H33N5. The van der Waals surface area contributed by atoms with E-state index in [9.17, 15) is 0 Å². The molecule has 0 atom stereocenters. The van der Waals surface area contributed by atoms with E-state index in [1.54, 1.807) is 0 Å². The molecule has 1 rings (SSSR count). The van der Waals surface area contributed by atoms with Crippen LogP contribution in [0.4, 0.5) is 0 Å². The van der Waals surface area contributed by atoms with Crippen LogP contribution >= 0.6 is 0 Å². The lowest BCUT2D eigenvalue weighted by atomic mass is 10.0. The van der Waals surface area contributed by atoms with Gasteiger partial charge in [-0.05, 0) is 32.6 Å². The zero-order chi connectivity index (χ0) is 16.2. The van der Waals surface area contributed by atoms with Crippen molar-refractivity contribution in [2.45, 2.75) is 59.9 Å². The number of hydrogen-bond acceptors (Lipinski definition) is 2. The van der Waals surface area contributed by atoms with Gasteiger partial charge < -0.3 is 15.2 Å². The Morgan fingerprint density at radius 1 is 1.23 bits per heavy atom. The second-order valence-electron chi connectivity index (χ2n) is 5.70. The zero-order valence-corrected chi connectivity index (χ0v) is 14.7. The molecule has 0 aliphatic rings. The lowest BCUT2D eigenvalue weighted by Crippen LogP contribution is -2.38. The summed E-state index contributed by atoms with van der Waals surface area (Å²) in [6.45, 7) is 12.4. The van der Waals surface area contributed by atoms with Crippen LogP contribution in [0.15, 0.2) is 17.4 Å². The number of hydrogen-bond donors (Lipinski definition) is 2. The molecule has 0 spiro atoms. The Hall–Kier alpha value is -1.52. The van der Waals surface area contributed by atoms with Crippen molar-refractivity contribution in [1.29, 1.82) is 0 Å². The molecule has 22 heavy (non-hydrogen) atoms. The van der Waals surface area contributed by atoms with Gasteiger partial charge >= 0.3 is 0 Å². The summed E-state index contributed by atoms with van der Waals surface area (Å²) in [6, 6.07) is 0. The third-order valence-electron chi connectivity index (χ3n) is 4.05. The van der Waals surface area contributed by atoms with Crippen molar-refractivity contribution in [3.05, 3.63) is 18.2 Å². The Labute approximate surface area is 135 Å². The average molecular weight is 307 g/mol. The lowest BCUT2D eigenvalue weighted by Gasteiger charge is -2.14. The summed E-state index contributed by atoms with van der Waals surface area (Å²) in [5, 5.41) is 6.76. The molecule has 0 unspecified atom stereocenters. The number of nitrogens with one attached hydrogen (secondary N) is 2. The summed E-state index contributed by atoms with van der Waals surface area (Å²) in [5.41, 5.74) is 0. The molecule has 0 saturated carbocycles. The van der Waals surface area contributed by atoms with Crippen LogP contribution in [0.25, 0.3) is 0 Å². The Kier molecular flexibility index (Phi) is 9.35. The maximum absolute atomic E-state index is 4.70. The van der Waals surface area contributed by atoms with Gasteiger partial charge in [-0.2, -0.15) is 0 Å². The molecule has 0 saturated heterocycles. The summed E-state index contributed by atoms with van der Waals surface area (Å²) in [5.74, 6) is 2.74. The highest BCUT2D eigenvalue weighted by molar-refractivity contribution is 5.79. The van der Waals surface area contributed by atoms with E-state index in [0.29, 0.717) is 5.92 Å². The summed E-state index contributed by atoms with van der Waals surface area (Å²) in [6.07, 6.45) is 8.59. The highest BCUT2D eigenvalue weighted by Crippen LogP contribution is 2.07. The molecule has 0 aliphatic carbocycles. The highest BCUT2D eigenvalue weighted by Gasteiger charge is 2.03. The Morgan fingerprint density at radius 2 is 2.00 bits per heavy atom. The van der Waals surface area contributed by atoms with Crippen molar-refractivity contribution in [3.8, 4) is 0 Å². The number of aromatic nitrogens is 2. The van der Waals surface area contributed by atoms with Crippen molar-refractivity contribution in [2.75, 3.05) is 19.6 Å². The number of aliphatic imine (C=N–C) groups is 1. The standard InChI is InChI=1S/C17H33N5/c1-5-16(6-2)14-21-17(18-7-3)20-10-8-9-12-22-13-11-19-15(22)4/h11,13,16H,5-10,12,14H2,1-4H3,(H2,18,20,21). The number of rotatable bonds is 10. The van der Waals surface area contributed by atoms with Crippen LogP contribution < -0.4 is 10.6 Å². The van der Waals surface area contributed by atoms with Crippen molar-refractivity contribution >= 4 is 5.96 Å². The minimum atomic E-state index is 0.694. The third-order valence-corrected chi connectivity index (χ3v) is 4.05. The van der Waals surface area contributed by atoms with Crippen molar-refractivity contribution < 1.29 is 0 Å². The molecule has 1 aromatic rings. The van der Waals surface area contributed by atoms with E-state index in [1.165, 1.54) is 12.8 Å². The van der Waals surface area contributed by atoms with Crippen molar-refractivity contribution in [2.24, 2.45) is 10.9 Å². The number of imidazole rings is 1. The quantitative estimate of drug-likeness (QED) is 0.397. The minimum absolute atomic E-state index is 0.694. The Balaban J connectivity index is 2.25. The predicted molar refractivity (Wildman–Crippen MR) is 94.3 cm³/mol. The summed E-state index contributed by atoms with van der Waals surface area (Å²) < 4.78 is 2.20. The summed E-state index contributed by atoms with van der Waals surface area (Å²) in [7, 11) is 0. The smallest absolute Gasteiger partial charge is 0.191 e. The molecule has 0 radical (unpaired) electrons. The van der Waals surface area contributed by atoms with Gasteiger partial charge in [0.25, 0.3) is 0 Å². The van der Waals surface area contributed by atoms with Crippen molar-refractivity contribution in [3.63, 3.8) is 0 Å². The van der Waals surface area contributed by atoms with E-state index >= 15 is 0 Å². The number of guanidine groups is 1. The molecule has 0 fully saturated rings. The Morgan fingerprint density at radius 3 is 2.59 bits per heavy atom. The normalized spacial score (nSPS) is 12.0. The predicted octanol–water partition coefficient (Wildman–Crippen LogP) is 2.96. The van der Waals surface area contributed by atoms with Gasteiger partial charge in [-0.3, -0.25) is 4.99 Å². The van der Waals surface area contributed by atoms with E-state index < -0.39 is 0 Å². The Bertz CT molecular complexity index is 420. The molecule has 5 heteroatoms. The molecular weight excluding hydrogens is 274 g/mol. The molecule has 1 aromatic heterocycles. The molecule has 5 nitrogen and oxygen atoms in total. The van der Waals surface area contributed by atoms with Gasteiger partial charge in [0.05, 0.1) is 0 Å². The average Bonchev–Trinajstić information content (AvgIpc) is 2.93. The van der Waals surface area contributed by atoms with Crippen LogP contribution in [-0.2, 0) is 6.54 Å². The first-order chi connectivity index (χ1) is 10.7. The maximum atomic E-state index is 4.70. The number of nitrogens with zero attached hydrogens (tertiary/aromatic N) is 3. The lowest BCUT2D eigenvalue weighted by molar-refractivity contribution is 0.503. The first-order valence-electron chi connectivity index (χ1n) is 8.71. The van der Waals surface area contributed by atoms with Gasteiger partial charge in [-0.15, -0.1) is 0 Å². The van der Waals surface area contributed by atoms with Gasteiger partial charge in [0, 0.05) is 38.6 Å². The molecule has 0 aromatic carbocycles. The van der Waals surface area contributed by atoms with Crippen molar-refractivity contribution in [1.82, 2.24) is 20.2 Å². The molecule has 126 valence electrons. The van der Waals surface area contributed by atoms with Gasteiger partial charge in [0.2, 0.25) is 0 Å². The maximum Gasteiger partial charge on any atom is 0.191 e. The fraction of sp³-hybridized carbons (Fsp3) is 0.765. The monoisotopic (exact) mass is 307 g/mol. The summed E-state index contributed by atoms with van der Waals surface area (Å²) in [4.78, 5) is 8.94. The number of aryl methyl sites for hydroxylation is 2. The van der Waals surface area contributed by atoms with E-state index in [0.717, 1.165) is 50.8 Å². The van der Waals surface area contributed by atoms with Crippen LogP contribution in [0.3, 0.4) is 0 Å². The first-order valence-corrected chi connectivity index (χ1v) is 8.71. The SMILES string of the molecule is CCNC(=NCC(CC)CC)NCCCCn1ccnc1C. The summed E-state index contributed by atoms with van der Waals surface area (Å²) >= 11 is 0. The van der Waals surface area contributed by atoms with Gasteiger partial charge in [0.1, 0.15) is 5.82 Å². The topological polar surface area (TPSA) is 54.2 Å². The first kappa shape index (κ1) is 18.5. The van der Waals surface area contributed by atoms with E-state index in [4.69, 9.17) is 4.99 Å². The van der Waals surface area contributed by atoms with Gasteiger partial charge in [-0.25, -0.2) is 4.98 Å². The molecule has 1 heterocycles. The van der Waals surface area contributed by atoms with Crippen LogP contribution in [0.1, 0.15) is 52.3 Å². The fourth-order valence-electron chi connectivity index (χ4n) is 2.36. The largest absolute Gasteiger partial charge is 0.357 e. The van der Waals surface area contributed by atoms with E-state index in [1.807, 2.05) is 19.3 Å². The molecule has 2 N–H and O–H groups in total. The molecule has 0 aliphatic heterocycles. The second kappa shape index (κ2) is 11.1. The third kappa shape index (κ3) is 6.96. The van der Waals surface area contributed by atoms with Crippen LogP contribution in [-0.4, -0.2) is 35.1 Å². The van der Waals surface area contributed by atoms with Gasteiger partial charge in [0.15, 0.2) is 5.96 Å². The minimum Gasteiger partial charge on any atom is -0.357 e. The molecule has 0 amide bonds. The highest BCUT2D eigenvalue weighted by atomic mass is 15.2. The second-order valence-corrected chi connectivity index (χ2v) is 5.70. The van der Waals surface area contributed by atoms with E-state index in [-0.39, 0.29) is 0 Å². The van der Waals surface area contributed by atoms with Crippen LogP contribution in [0.5, 0.6) is 0 Å². The fourth-order valence-corrected chi connectivity index (χ4v) is 2.36. The van der Waals surface area contributed by atoms with Gasteiger partial charge in [-0.1, -0.05) is 26.7 Å². The number of unbranched alkanes of at least 4 members (excludes halogenated alkanes) is 1. The zero-order valence-electron chi connectivity index (χ0n) is 14.7. The van der Waals surface area contributed by atoms with Crippen LogP contribution in [0.2, 0.25) is 0 Å². The van der Waals surface area contributed by atoms with E-state index in [2.05, 4.69) is 41.0 Å².